The zero-order valence-corrected chi connectivity index (χ0v) is 14.6. The molecule has 3 aromatic rings. The van der Waals surface area contributed by atoms with Crippen molar-refractivity contribution in [1.29, 1.82) is 0 Å². The van der Waals surface area contributed by atoms with Crippen molar-refractivity contribution in [2.24, 2.45) is 7.05 Å². The molecular formula is C19H20N6O. The molecule has 1 aliphatic rings. The first kappa shape index (κ1) is 16.4. The Hall–Kier alpha value is -3.09. The summed E-state index contributed by atoms with van der Waals surface area (Å²) in [5.74, 6) is 0.622. The van der Waals surface area contributed by atoms with E-state index in [1.165, 1.54) is 0 Å². The number of carbonyl (C=O) groups is 1. The van der Waals surface area contributed by atoms with Crippen LogP contribution in [0.4, 0.5) is 0 Å². The van der Waals surface area contributed by atoms with Gasteiger partial charge in [-0.1, -0.05) is 0 Å². The van der Waals surface area contributed by atoms with Crippen LogP contribution < -0.4 is 0 Å². The molecule has 26 heavy (non-hydrogen) atoms. The van der Waals surface area contributed by atoms with Crippen molar-refractivity contribution in [3.05, 3.63) is 60.6 Å². The average molecular weight is 348 g/mol. The van der Waals surface area contributed by atoms with E-state index < -0.39 is 0 Å². The highest BCUT2D eigenvalue weighted by Crippen LogP contribution is 2.30. The lowest BCUT2D eigenvalue weighted by Gasteiger charge is -2.34. The summed E-state index contributed by atoms with van der Waals surface area (Å²) in [5, 5.41) is 4.45. The lowest BCUT2D eigenvalue weighted by atomic mass is 10.0. The predicted molar refractivity (Wildman–Crippen MR) is 96.1 cm³/mol. The molecule has 0 spiro atoms. The fourth-order valence-electron chi connectivity index (χ4n) is 3.43. The number of piperidine rings is 1. The molecule has 0 radical (unpaired) electrons. The molecule has 4 rings (SSSR count). The van der Waals surface area contributed by atoms with Gasteiger partial charge in [0.2, 0.25) is 0 Å². The van der Waals surface area contributed by atoms with Gasteiger partial charge in [-0.15, -0.1) is 0 Å². The number of hydrogen-bond donors (Lipinski definition) is 0. The van der Waals surface area contributed by atoms with Crippen LogP contribution in [0.5, 0.6) is 0 Å². The molecule has 7 nitrogen and oxygen atoms in total. The number of pyridine rings is 1. The van der Waals surface area contributed by atoms with E-state index in [0.29, 0.717) is 18.1 Å². The Morgan fingerprint density at radius 3 is 2.77 bits per heavy atom. The molecule has 0 aliphatic carbocycles. The maximum atomic E-state index is 13.2. The summed E-state index contributed by atoms with van der Waals surface area (Å²) < 4.78 is 1.72. The van der Waals surface area contributed by atoms with Crippen LogP contribution in [0.15, 0.2) is 49.1 Å². The van der Waals surface area contributed by atoms with Gasteiger partial charge in [0.1, 0.15) is 0 Å². The fraction of sp³-hybridized carbons (Fsp3) is 0.316. The van der Waals surface area contributed by atoms with E-state index >= 15 is 0 Å². The zero-order chi connectivity index (χ0) is 17.9. The van der Waals surface area contributed by atoms with E-state index in [1.807, 2.05) is 30.1 Å². The van der Waals surface area contributed by atoms with Crippen molar-refractivity contribution in [3.8, 4) is 11.3 Å². The molecule has 1 aliphatic heterocycles. The predicted octanol–water partition coefficient (Wildman–Crippen LogP) is 2.64. The summed E-state index contributed by atoms with van der Waals surface area (Å²) in [6.45, 7) is 0.695. The van der Waals surface area contributed by atoms with Crippen molar-refractivity contribution in [2.75, 3.05) is 6.54 Å². The van der Waals surface area contributed by atoms with Crippen LogP contribution in [0.3, 0.4) is 0 Å². The minimum absolute atomic E-state index is 0.0760. The Kier molecular flexibility index (Phi) is 4.43. The monoisotopic (exact) mass is 348 g/mol. The van der Waals surface area contributed by atoms with Crippen molar-refractivity contribution < 1.29 is 4.79 Å². The third-order valence-corrected chi connectivity index (χ3v) is 4.70. The Balaban J connectivity index is 1.64. The van der Waals surface area contributed by atoms with Gasteiger partial charge in [0.05, 0.1) is 11.7 Å². The van der Waals surface area contributed by atoms with E-state index in [9.17, 15) is 4.79 Å². The normalized spacial score (nSPS) is 17.3. The van der Waals surface area contributed by atoms with Crippen LogP contribution in [0.2, 0.25) is 0 Å². The molecule has 1 atom stereocenters. The van der Waals surface area contributed by atoms with Gasteiger partial charge in [-0.3, -0.25) is 14.5 Å². The number of rotatable bonds is 3. The van der Waals surface area contributed by atoms with Crippen molar-refractivity contribution >= 4 is 5.91 Å². The van der Waals surface area contributed by atoms with Crippen LogP contribution in [-0.4, -0.2) is 42.1 Å². The molecule has 132 valence electrons. The Morgan fingerprint density at radius 1 is 1.15 bits per heavy atom. The van der Waals surface area contributed by atoms with Crippen LogP contribution in [0.25, 0.3) is 11.3 Å². The lowest BCUT2D eigenvalue weighted by Crippen LogP contribution is -2.39. The van der Waals surface area contributed by atoms with Crippen LogP contribution in [0.1, 0.15) is 41.6 Å². The molecule has 1 saturated heterocycles. The Morgan fingerprint density at radius 2 is 2.00 bits per heavy atom. The Bertz CT molecular complexity index is 893. The summed E-state index contributed by atoms with van der Waals surface area (Å²) >= 11 is 0. The summed E-state index contributed by atoms with van der Waals surface area (Å²) in [6.07, 6.45) is 9.86. The minimum atomic E-state index is -0.0960. The second-order valence-electron chi connectivity index (χ2n) is 6.40. The molecular weight excluding hydrogens is 328 g/mol. The van der Waals surface area contributed by atoms with Gasteiger partial charge in [-0.2, -0.15) is 5.10 Å². The Labute approximate surface area is 151 Å². The standard InChI is InChI=1S/C19H20N6O/c1-24-17(14-6-4-8-20-13-14)12-15(23-24)19(26)25-11-3-2-7-16(25)18-21-9-5-10-22-18/h4-6,8-10,12-13,16H,2-3,7,11H2,1H3. The molecule has 7 heteroatoms. The summed E-state index contributed by atoms with van der Waals surface area (Å²) in [7, 11) is 1.84. The molecule has 1 unspecified atom stereocenters. The minimum Gasteiger partial charge on any atom is -0.327 e. The van der Waals surface area contributed by atoms with Gasteiger partial charge in [0.25, 0.3) is 5.91 Å². The number of hydrogen-bond acceptors (Lipinski definition) is 5. The largest absolute Gasteiger partial charge is 0.327 e. The molecule has 0 N–H and O–H groups in total. The highest BCUT2D eigenvalue weighted by atomic mass is 16.2. The van der Waals surface area contributed by atoms with Crippen molar-refractivity contribution in [1.82, 2.24) is 29.6 Å². The van der Waals surface area contributed by atoms with Gasteiger partial charge >= 0.3 is 0 Å². The highest BCUT2D eigenvalue weighted by Gasteiger charge is 2.31. The first-order valence-electron chi connectivity index (χ1n) is 8.76. The molecule has 3 aromatic heterocycles. The van der Waals surface area contributed by atoms with E-state index in [-0.39, 0.29) is 11.9 Å². The number of aromatic nitrogens is 5. The van der Waals surface area contributed by atoms with Crippen molar-refractivity contribution in [3.63, 3.8) is 0 Å². The van der Waals surface area contributed by atoms with Gasteiger partial charge in [0.15, 0.2) is 11.5 Å². The van der Waals surface area contributed by atoms with Crippen molar-refractivity contribution in [2.45, 2.75) is 25.3 Å². The maximum Gasteiger partial charge on any atom is 0.274 e. The second-order valence-corrected chi connectivity index (χ2v) is 6.40. The fourth-order valence-corrected chi connectivity index (χ4v) is 3.43. The smallest absolute Gasteiger partial charge is 0.274 e. The van der Waals surface area contributed by atoms with Gasteiger partial charge in [-0.25, -0.2) is 9.97 Å². The van der Waals surface area contributed by atoms with E-state index in [4.69, 9.17) is 0 Å². The lowest BCUT2D eigenvalue weighted by molar-refractivity contribution is 0.0593. The maximum absolute atomic E-state index is 13.2. The van der Waals surface area contributed by atoms with Crippen LogP contribution in [-0.2, 0) is 7.05 Å². The second kappa shape index (κ2) is 7.03. The summed E-state index contributed by atoms with van der Waals surface area (Å²) in [5.41, 5.74) is 2.24. The van der Waals surface area contributed by atoms with Gasteiger partial charge in [0, 0.05) is 43.9 Å². The molecule has 4 heterocycles. The quantitative estimate of drug-likeness (QED) is 0.727. The van der Waals surface area contributed by atoms with Crippen LogP contribution in [0, 0.1) is 0 Å². The zero-order valence-electron chi connectivity index (χ0n) is 14.6. The molecule has 0 bridgehead atoms. The third kappa shape index (κ3) is 3.08. The van der Waals surface area contributed by atoms with Gasteiger partial charge < -0.3 is 4.90 Å². The van der Waals surface area contributed by atoms with E-state index in [0.717, 1.165) is 30.5 Å². The molecule has 1 amide bonds. The number of carbonyl (C=O) groups excluding carboxylic acids is 1. The van der Waals surface area contributed by atoms with E-state index in [2.05, 4.69) is 20.1 Å². The highest BCUT2D eigenvalue weighted by molar-refractivity contribution is 5.93. The summed E-state index contributed by atoms with van der Waals surface area (Å²) in [6, 6.07) is 7.35. The molecule has 1 fully saturated rings. The first-order valence-corrected chi connectivity index (χ1v) is 8.76. The first-order chi connectivity index (χ1) is 12.7. The summed E-state index contributed by atoms with van der Waals surface area (Å²) in [4.78, 5) is 27.9. The van der Waals surface area contributed by atoms with Crippen LogP contribution >= 0.6 is 0 Å². The topological polar surface area (TPSA) is 76.8 Å². The number of nitrogens with zero attached hydrogens (tertiary/aromatic N) is 6. The number of likely N-dealkylation sites (tertiary alicyclic amines) is 1. The van der Waals surface area contributed by atoms with E-state index in [1.54, 1.807) is 35.5 Å². The number of amides is 1. The third-order valence-electron chi connectivity index (χ3n) is 4.70. The molecule has 0 aromatic carbocycles. The van der Waals surface area contributed by atoms with Gasteiger partial charge in [-0.05, 0) is 43.5 Å². The SMILES string of the molecule is Cn1nc(C(=O)N2CCCCC2c2ncccn2)cc1-c1cccnc1. The molecule has 0 saturated carbocycles. The average Bonchev–Trinajstić information content (AvgIpc) is 3.10. The number of aryl methyl sites for hydroxylation is 1.